The lowest BCUT2D eigenvalue weighted by Crippen LogP contribution is -2.40. The van der Waals surface area contributed by atoms with Gasteiger partial charge in [-0.15, -0.1) is 0 Å². The predicted octanol–water partition coefficient (Wildman–Crippen LogP) is 2.95. The zero-order valence-electron chi connectivity index (χ0n) is 15.2. The Morgan fingerprint density at radius 3 is 2.74 bits per heavy atom. The molecule has 0 bridgehead atoms. The second-order valence-corrected chi connectivity index (χ2v) is 7.23. The molecule has 1 aliphatic rings. The van der Waals surface area contributed by atoms with Gasteiger partial charge in [0.2, 0.25) is 0 Å². The Balaban J connectivity index is 1.45. The summed E-state index contributed by atoms with van der Waals surface area (Å²) in [5.74, 6) is 0.310. The molecule has 1 fully saturated rings. The number of benzene rings is 2. The molecule has 1 atom stereocenters. The highest BCUT2D eigenvalue weighted by Gasteiger charge is 2.26. The predicted molar refractivity (Wildman–Crippen MR) is 106 cm³/mol. The third-order valence-electron chi connectivity index (χ3n) is 5.23. The van der Waals surface area contributed by atoms with E-state index in [0.29, 0.717) is 25.2 Å². The molecule has 0 aliphatic carbocycles. The van der Waals surface area contributed by atoms with Crippen LogP contribution in [-0.2, 0) is 17.8 Å². The van der Waals surface area contributed by atoms with E-state index >= 15 is 0 Å². The molecular formula is C22H23N3O2. The summed E-state index contributed by atoms with van der Waals surface area (Å²) in [5, 5.41) is 0. The summed E-state index contributed by atoms with van der Waals surface area (Å²) >= 11 is 0. The Labute approximate surface area is 158 Å². The number of carbonyl (C=O) groups excluding carboxylic acids is 1. The van der Waals surface area contributed by atoms with Crippen molar-refractivity contribution in [2.24, 2.45) is 5.92 Å². The van der Waals surface area contributed by atoms with Crippen LogP contribution in [0.1, 0.15) is 24.1 Å². The standard InChI is InChI=1S/C22H23N3O2/c26-21(13-16-7-2-1-3-8-16)17-9-6-12-25(14-17)15-20-22(27)24-19-11-5-4-10-18(19)23-20/h1-5,7-8,10-11,17H,6,9,12-15H2,(H,24,27). The molecule has 5 heteroatoms. The summed E-state index contributed by atoms with van der Waals surface area (Å²) in [5.41, 5.74) is 2.98. The van der Waals surface area contributed by atoms with Crippen molar-refractivity contribution in [1.29, 1.82) is 0 Å². The molecule has 1 N–H and O–H groups in total. The van der Waals surface area contributed by atoms with Crippen LogP contribution in [0.25, 0.3) is 11.0 Å². The van der Waals surface area contributed by atoms with Gasteiger partial charge in [0.05, 0.1) is 11.0 Å². The van der Waals surface area contributed by atoms with E-state index < -0.39 is 0 Å². The van der Waals surface area contributed by atoms with Gasteiger partial charge in [-0.25, -0.2) is 4.98 Å². The number of para-hydroxylation sites is 2. The number of hydrogen-bond donors (Lipinski definition) is 1. The quantitative estimate of drug-likeness (QED) is 0.759. The Kier molecular flexibility index (Phi) is 5.12. The number of aromatic nitrogens is 2. The molecule has 3 aromatic rings. The van der Waals surface area contributed by atoms with Gasteiger partial charge in [0, 0.05) is 25.4 Å². The molecule has 1 aliphatic heterocycles. The lowest BCUT2D eigenvalue weighted by Gasteiger charge is -2.31. The largest absolute Gasteiger partial charge is 0.319 e. The number of rotatable bonds is 5. The van der Waals surface area contributed by atoms with E-state index in [4.69, 9.17) is 0 Å². The van der Waals surface area contributed by atoms with Crippen LogP contribution in [0.5, 0.6) is 0 Å². The first-order valence-electron chi connectivity index (χ1n) is 9.46. The fraction of sp³-hybridized carbons (Fsp3) is 0.318. The van der Waals surface area contributed by atoms with E-state index in [2.05, 4.69) is 14.9 Å². The maximum Gasteiger partial charge on any atom is 0.271 e. The zero-order valence-corrected chi connectivity index (χ0v) is 15.2. The van der Waals surface area contributed by atoms with E-state index in [9.17, 15) is 9.59 Å². The summed E-state index contributed by atoms with van der Waals surface area (Å²) in [6, 6.07) is 17.4. The van der Waals surface area contributed by atoms with Gasteiger partial charge in [-0.3, -0.25) is 14.5 Å². The number of H-pyrrole nitrogens is 1. The average molecular weight is 361 g/mol. The Hall–Kier alpha value is -2.79. The number of hydrogen-bond acceptors (Lipinski definition) is 4. The molecule has 0 amide bonds. The van der Waals surface area contributed by atoms with Gasteiger partial charge in [0.1, 0.15) is 11.5 Å². The first kappa shape index (κ1) is 17.6. The average Bonchev–Trinajstić information content (AvgIpc) is 2.69. The third-order valence-corrected chi connectivity index (χ3v) is 5.23. The smallest absolute Gasteiger partial charge is 0.271 e. The summed E-state index contributed by atoms with van der Waals surface area (Å²) < 4.78 is 0. The van der Waals surface area contributed by atoms with Crippen LogP contribution in [0, 0.1) is 5.92 Å². The molecule has 4 rings (SSSR count). The highest BCUT2D eigenvalue weighted by atomic mass is 16.1. The zero-order chi connectivity index (χ0) is 18.6. The minimum atomic E-state index is -0.147. The Bertz CT molecular complexity index is 997. The number of likely N-dealkylation sites (tertiary alicyclic amines) is 1. The van der Waals surface area contributed by atoms with Crippen molar-refractivity contribution in [3.8, 4) is 0 Å². The van der Waals surface area contributed by atoms with Gasteiger partial charge in [-0.1, -0.05) is 42.5 Å². The highest BCUT2D eigenvalue weighted by molar-refractivity contribution is 5.83. The fourth-order valence-electron chi connectivity index (χ4n) is 3.79. The minimum Gasteiger partial charge on any atom is -0.319 e. The number of ketones is 1. The fourth-order valence-corrected chi connectivity index (χ4v) is 3.79. The van der Waals surface area contributed by atoms with Crippen LogP contribution in [0.2, 0.25) is 0 Å². The number of carbonyl (C=O) groups is 1. The Morgan fingerprint density at radius 2 is 1.89 bits per heavy atom. The van der Waals surface area contributed by atoms with Crippen molar-refractivity contribution in [2.75, 3.05) is 13.1 Å². The monoisotopic (exact) mass is 361 g/mol. The molecule has 2 heterocycles. The normalized spacial score (nSPS) is 17.9. The summed E-state index contributed by atoms with van der Waals surface area (Å²) in [6.07, 6.45) is 2.37. The molecule has 0 radical (unpaired) electrons. The van der Waals surface area contributed by atoms with Gasteiger partial charge in [-0.2, -0.15) is 0 Å². The van der Waals surface area contributed by atoms with E-state index in [0.717, 1.165) is 36.0 Å². The van der Waals surface area contributed by atoms with Gasteiger partial charge >= 0.3 is 0 Å². The van der Waals surface area contributed by atoms with Crippen molar-refractivity contribution in [2.45, 2.75) is 25.8 Å². The van der Waals surface area contributed by atoms with Crippen LogP contribution in [-0.4, -0.2) is 33.7 Å². The maximum absolute atomic E-state index is 12.7. The van der Waals surface area contributed by atoms with E-state index in [1.54, 1.807) is 0 Å². The van der Waals surface area contributed by atoms with Crippen LogP contribution >= 0.6 is 0 Å². The van der Waals surface area contributed by atoms with Gasteiger partial charge in [0.15, 0.2) is 0 Å². The maximum atomic E-state index is 12.7. The van der Waals surface area contributed by atoms with Crippen LogP contribution < -0.4 is 5.56 Å². The number of nitrogens with one attached hydrogen (secondary N) is 1. The Morgan fingerprint density at radius 1 is 1.11 bits per heavy atom. The molecule has 1 saturated heterocycles. The minimum absolute atomic E-state index is 0.0264. The SMILES string of the molecule is O=C(Cc1ccccc1)C1CCCN(Cc2nc3ccccc3[nH]c2=O)C1. The van der Waals surface area contributed by atoms with Crippen molar-refractivity contribution < 1.29 is 4.79 Å². The van der Waals surface area contributed by atoms with Crippen molar-refractivity contribution in [1.82, 2.24) is 14.9 Å². The van der Waals surface area contributed by atoms with Crippen molar-refractivity contribution in [3.05, 3.63) is 76.2 Å². The first-order valence-corrected chi connectivity index (χ1v) is 9.46. The molecule has 1 aromatic heterocycles. The lowest BCUT2D eigenvalue weighted by molar-refractivity contribution is -0.124. The second kappa shape index (κ2) is 7.84. The van der Waals surface area contributed by atoms with Crippen LogP contribution in [0.3, 0.4) is 0 Å². The van der Waals surface area contributed by atoms with E-state index in [1.807, 2.05) is 54.6 Å². The third kappa shape index (κ3) is 4.14. The molecule has 27 heavy (non-hydrogen) atoms. The molecule has 1 unspecified atom stereocenters. The second-order valence-electron chi connectivity index (χ2n) is 7.23. The van der Waals surface area contributed by atoms with Crippen molar-refractivity contribution >= 4 is 16.8 Å². The number of nitrogens with zero attached hydrogens (tertiary/aromatic N) is 2. The van der Waals surface area contributed by atoms with Gasteiger partial charge in [0.25, 0.3) is 5.56 Å². The topological polar surface area (TPSA) is 66.1 Å². The summed E-state index contributed by atoms with van der Waals surface area (Å²) in [7, 11) is 0. The number of fused-ring (bicyclic) bond motifs is 1. The number of piperidine rings is 1. The lowest BCUT2D eigenvalue weighted by atomic mass is 9.90. The van der Waals surface area contributed by atoms with Crippen molar-refractivity contribution in [3.63, 3.8) is 0 Å². The molecule has 0 spiro atoms. The first-order chi connectivity index (χ1) is 13.2. The number of aromatic amines is 1. The molecule has 5 nitrogen and oxygen atoms in total. The molecule has 0 saturated carbocycles. The van der Waals surface area contributed by atoms with Gasteiger partial charge in [-0.05, 0) is 37.1 Å². The molecule has 2 aromatic carbocycles. The van der Waals surface area contributed by atoms with Crippen LogP contribution in [0.15, 0.2) is 59.4 Å². The van der Waals surface area contributed by atoms with E-state index in [-0.39, 0.29) is 17.3 Å². The van der Waals surface area contributed by atoms with Crippen LogP contribution in [0.4, 0.5) is 0 Å². The van der Waals surface area contributed by atoms with Gasteiger partial charge < -0.3 is 4.98 Å². The number of Topliss-reactive ketones (excluding diaryl/α,β-unsaturated/α-hetero) is 1. The summed E-state index contributed by atoms with van der Waals surface area (Å²) in [6.45, 7) is 2.07. The summed E-state index contributed by atoms with van der Waals surface area (Å²) in [4.78, 5) is 34.7. The molecule has 138 valence electrons. The van der Waals surface area contributed by atoms with E-state index in [1.165, 1.54) is 0 Å². The molecular weight excluding hydrogens is 338 g/mol. The highest BCUT2D eigenvalue weighted by Crippen LogP contribution is 2.20.